The van der Waals surface area contributed by atoms with Gasteiger partial charge in [-0.1, -0.05) is 11.6 Å². The molecule has 0 bridgehead atoms. The second kappa shape index (κ2) is 9.17. The van der Waals surface area contributed by atoms with Crippen molar-refractivity contribution >= 4 is 35.3 Å². The fraction of sp³-hybridized carbons (Fsp3) is 0.438. The minimum absolute atomic E-state index is 0.105. The third kappa shape index (κ3) is 5.30. The average molecular weight is 400 g/mol. The Balaban J connectivity index is 1.89. The average Bonchev–Trinajstić information content (AvgIpc) is 2.66. The Labute approximate surface area is 159 Å². The molecule has 1 heterocycles. The molecular formula is C16H18ClN3O7. The maximum Gasteiger partial charge on any atom is 0.409 e. The molecule has 1 fully saturated rings. The minimum atomic E-state index is -0.989. The Kier molecular flexibility index (Phi) is 6.94. The normalized spacial score (nSPS) is 13.9. The first-order chi connectivity index (χ1) is 12.8. The summed E-state index contributed by atoms with van der Waals surface area (Å²) in [6, 6.07) is 3.53. The molecule has 1 aliphatic rings. The van der Waals surface area contributed by atoms with E-state index in [9.17, 15) is 24.5 Å². The lowest BCUT2D eigenvalue weighted by Crippen LogP contribution is -2.51. The van der Waals surface area contributed by atoms with Crippen molar-refractivity contribution in [2.75, 3.05) is 39.4 Å². The van der Waals surface area contributed by atoms with Crippen LogP contribution in [0, 0.1) is 10.1 Å². The van der Waals surface area contributed by atoms with Gasteiger partial charge < -0.3 is 19.3 Å². The molecule has 0 saturated carbocycles. The Morgan fingerprint density at radius 3 is 2.37 bits per heavy atom. The van der Waals surface area contributed by atoms with Crippen LogP contribution in [0.5, 0.6) is 0 Å². The van der Waals surface area contributed by atoms with E-state index >= 15 is 0 Å². The molecule has 0 aliphatic carbocycles. The van der Waals surface area contributed by atoms with E-state index in [1.807, 2.05) is 0 Å². The maximum atomic E-state index is 12.2. The van der Waals surface area contributed by atoms with Gasteiger partial charge in [-0.25, -0.2) is 9.59 Å². The van der Waals surface area contributed by atoms with Crippen LogP contribution in [0.25, 0.3) is 0 Å². The lowest BCUT2D eigenvalue weighted by molar-refractivity contribution is -0.385. The van der Waals surface area contributed by atoms with Crippen molar-refractivity contribution in [2.45, 2.75) is 6.92 Å². The number of amides is 2. The monoisotopic (exact) mass is 399 g/mol. The number of carbonyl (C=O) groups is 3. The highest BCUT2D eigenvalue weighted by atomic mass is 35.5. The van der Waals surface area contributed by atoms with Gasteiger partial charge in [-0.2, -0.15) is 0 Å². The highest BCUT2D eigenvalue weighted by Crippen LogP contribution is 2.23. The maximum absolute atomic E-state index is 12.2. The Morgan fingerprint density at radius 1 is 1.15 bits per heavy atom. The van der Waals surface area contributed by atoms with Gasteiger partial charge >= 0.3 is 12.1 Å². The third-order valence-corrected chi connectivity index (χ3v) is 4.10. The van der Waals surface area contributed by atoms with E-state index < -0.39 is 35.2 Å². The molecule has 27 heavy (non-hydrogen) atoms. The van der Waals surface area contributed by atoms with Crippen LogP contribution in [0.15, 0.2) is 18.2 Å². The summed E-state index contributed by atoms with van der Waals surface area (Å²) in [7, 11) is 0. The first kappa shape index (κ1) is 20.4. The summed E-state index contributed by atoms with van der Waals surface area (Å²) in [6.07, 6.45) is -0.439. The van der Waals surface area contributed by atoms with E-state index in [0.717, 1.165) is 6.07 Å². The summed E-state index contributed by atoms with van der Waals surface area (Å²) in [4.78, 5) is 49.1. The Bertz CT molecular complexity index is 748. The van der Waals surface area contributed by atoms with Crippen LogP contribution < -0.4 is 0 Å². The number of nitrogens with zero attached hydrogens (tertiary/aromatic N) is 3. The lowest BCUT2D eigenvalue weighted by atomic mass is 10.2. The zero-order chi connectivity index (χ0) is 20.0. The van der Waals surface area contributed by atoms with E-state index in [1.165, 1.54) is 21.9 Å². The molecule has 1 aliphatic heterocycles. The third-order valence-electron chi connectivity index (χ3n) is 3.86. The molecule has 1 saturated heterocycles. The molecule has 0 spiro atoms. The molecule has 0 aromatic heterocycles. The number of hydrogen-bond donors (Lipinski definition) is 0. The van der Waals surface area contributed by atoms with Gasteiger partial charge in [0, 0.05) is 37.3 Å². The predicted molar refractivity (Wildman–Crippen MR) is 93.6 cm³/mol. The molecule has 0 N–H and O–H groups in total. The second-order valence-electron chi connectivity index (χ2n) is 5.56. The number of hydrogen-bond acceptors (Lipinski definition) is 7. The van der Waals surface area contributed by atoms with Crippen LogP contribution in [0.3, 0.4) is 0 Å². The van der Waals surface area contributed by atoms with Crippen molar-refractivity contribution in [1.29, 1.82) is 0 Å². The van der Waals surface area contributed by atoms with Crippen molar-refractivity contribution in [2.24, 2.45) is 0 Å². The number of esters is 1. The Hall–Kier alpha value is -2.88. The quantitative estimate of drug-likeness (QED) is 0.420. The molecule has 1 aromatic rings. The van der Waals surface area contributed by atoms with Gasteiger partial charge in [-0.15, -0.1) is 0 Å². The summed E-state index contributed by atoms with van der Waals surface area (Å²) in [5.41, 5.74) is -0.785. The molecule has 146 valence electrons. The SMILES string of the molecule is CCOC(=O)N1CCN(C(=O)COC(=O)c2ccc(Cl)cc2[N+](=O)[O-])CC1. The van der Waals surface area contributed by atoms with Crippen LogP contribution in [-0.4, -0.2) is 72.1 Å². The van der Waals surface area contributed by atoms with Crippen molar-refractivity contribution in [3.63, 3.8) is 0 Å². The Morgan fingerprint density at radius 2 is 1.78 bits per heavy atom. The van der Waals surface area contributed by atoms with Crippen molar-refractivity contribution in [3.05, 3.63) is 38.9 Å². The lowest BCUT2D eigenvalue weighted by Gasteiger charge is -2.33. The van der Waals surface area contributed by atoms with Gasteiger partial charge in [0.2, 0.25) is 0 Å². The summed E-state index contributed by atoms with van der Waals surface area (Å²) in [5, 5.41) is 11.1. The second-order valence-corrected chi connectivity index (χ2v) is 6.00. The topological polar surface area (TPSA) is 119 Å². The van der Waals surface area contributed by atoms with Gasteiger partial charge in [-0.05, 0) is 19.1 Å². The van der Waals surface area contributed by atoms with E-state index in [-0.39, 0.29) is 30.3 Å². The molecule has 0 atom stereocenters. The largest absolute Gasteiger partial charge is 0.452 e. The van der Waals surface area contributed by atoms with E-state index in [0.29, 0.717) is 13.1 Å². The molecule has 2 amide bonds. The minimum Gasteiger partial charge on any atom is -0.452 e. The fourth-order valence-electron chi connectivity index (χ4n) is 2.48. The molecule has 0 radical (unpaired) electrons. The number of nitro groups is 1. The van der Waals surface area contributed by atoms with Crippen LogP contribution in [0.1, 0.15) is 17.3 Å². The number of rotatable bonds is 5. The predicted octanol–water partition coefficient (Wildman–Crippen LogP) is 1.71. The highest BCUT2D eigenvalue weighted by molar-refractivity contribution is 6.31. The van der Waals surface area contributed by atoms with Crippen LogP contribution in [0.2, 0.25) is 5.02 Å². The van der Waals surface area contributed by atoms with Gasteiger partial charge in [0.1, 0.15) is 5.56 Å². The molecule has 10 nitrogen and oxygen atoms in total. The molecule has 2 rings (SSSR count). The summed E-state index contributed by atoms with van der Waals surface area (Å²) < 4.78 is 9.80. The zero-order valence-corrected chi connectivity index (χ0v) is 15.3. The number of piperazine rings is 1. The zero-order valence-electron chi connectivity index (χ0n) is 14.6. The first-order valence-electron chi connectivity index (χ1n) is 8.14. The van der Waals surface area contributed by atoms with Crippen LogP contribution in [0.4, 0.5) is 10.5 Å². The van der Waals surface area contributed by atoms with Crippen LogP contribution in [-0.2, 0) is 14.3 Å². The van der Waals surface area contributed by atoms with Gasteiger partial charge in [0.05, 0.1) is 11.5 Å². The van der Waals surface area contributed by atoms with Crippen molar-refractivity contribution in [3.8, 4) is 0 Å². The smallest absolute Gasteiger partial charge is 0.409 e. The molecule has 11 heteroatoms. The van der Waals surface area contributed by atoms with Crippen LogP contribution >= 0.6 is 11.6 Å². The summed E-state index contributed by atoms with van der Waals surface area (Å²) in [5.74, 6) is -1.44. The molecule has 0 unspecified atom stereocenters. The van der Waals surface area contributed by atoms with Crippen molar-refractivity contribution in [1.82, 2.24) is 9.80 Å². The molecular weight excluding hydrogens is 382 g/mol. The van der Waals surface area contributed by atoms with Gasteiger partial charge in [-0.3, -0.25) is 14.9 Å². The number of benzene rings is 1. The number of carbonyl (C=O) groups excluding carboxylic acids is 3. The van der Waals surface area contributed by atoms with E-state index in [2.05, 4.69) is 0 Å². The van der Waals surface area contributed by atoms with E-state index in [4.69, 9.17) is 21.1 Å². The number of nitro benzene ring substituents is 1. The summed E-state index contributed by atoms with van der Waals surface area (Å²) >= 11 is 5.69. The number of halogens is 1. The summed E-state index contributed by atoms with van der Waals surface area (Å²) in [6.45, 7) is 2.58. The van der Waals surface area contributed by atoms with Gasteiger partial charge in [0.25, 0.3) is 11.6 Å². The van der Waals surface area contributed by atoms with E-state index in [1.54, 1.807) is 6.92 Å². The standard InChI is InChI=1S/C16H18ClN3O7/c1-2-26-16(23)19-7-5-18(6-8-19)14(21)10-27-15(22)12-4-3-11(17)9-13(12)20(24)25/h3-4,9H,2,5-8,10H2,1H3. The highest BCUT2D eigenvalue weighted by Gasteiger charge is 2.27. The fourth-order valence-corrected chi connectivity index (χ4v) is 2.64. The number of ether oxygens (including phenoxy) is 2. The van der Waals surface area contributed by atoms with Crippen molar-refractivity contribution < 1.29 is 28.8 Å². The van der Waals surface area contributed by atoms with Gasteiger partial charge in [0.15, 0.2) is 6.61 Å². The first-order valence-corrected chi connectivity index (χ1v) is 8.51. The molecule has 1 aromatic carbocycles.